The fraction of sp³-hybridized carbons (Fsp3) is 0.174. The fourth-order valence-electron chi connectivity index (χ4n) is 4.12. The molecule has 0 saturated heterocycles. The van der Waals surface area contributed by atoms with Crippen molar-refractivity contribution in [3.05, 3.63) is 76.9 Å². The van der Waals surface area contributed by atoms with Crippen LogP contribution in [0.4, 0.5) is 8.78 Å². The van der Waals surface area contributed by atoms with Gasteiger partial charge in [0.25, 0.3) is 0 Å². The molecule has 0 N–H and O–H groups in total. The summed E-state index contributed by atoms with van der Waals surface area (Å²) in [6.07, 6.45) is 0. The standard InChI is InChI=1S/C23H20F2N/c1-13-9-14(2)22(15(3)10-13)23-18-11-16(24)5-7-20(18)26(4)21-8-6-17(25)12-19(21)23/h5-12H,1-4H3/q+1. The van der Waals surface area contributed by atoms with E-state index in [1.165, 1.54) is 17.7 Å². The van der Waals surface area contributed by atoms with Crippen molar-refractivity contribution in [3.63, 3.8) is 0 Å². The second-order valence-corrected chi connectivity index (χ2v) is 7.03. The van der Waals surface area contributed by atoms with Gasteiger partial charge in [-0.25, -0.2) is 8.78 Å². The lowest BCUT2D eigenvalue weighted by atomic mass is 9.89. The number of halogens is 2. The van der Waals surface area contributed by atoms with E-state index >= 15 is 0 Å². The van der Waals surface area contributed by atoms with Crippen LogP contribution in [0.25, 0.3) is 32.9 Å². The highest BCUT2D eigenvalue weighted by Gasteiger charge is 2.22. The van der Waals surface area contributed by atoms with Crippen molar-refractivity contribution in [3.8, 4) is 11.1 Å². The Labute approximate surface area is 151 Å². The maximum Gasteiger partial charge on any atom is 0.213 e. The third-order valence-corrected chi connectivity index (χ3v) is 5.11. The van der Waals surface area contributed by atoms with Gasteiger partial charge in [0.2, 0.25) is 11.0 Å². The lowest BCUT2D eigenvalue weighted by Crippen LogP contribution is -2.30. The number of aryl methyl sites for hydroxylation is 4. The van der Waals surface area contributed by atoms with Crippen molar-refractivity contribution in [1.29, 1.82) is 0 Å². The molecule has 0 atom stereocenters. The first kappa shape index (κ1) is 16.6. The average Bonchev–Trinajstić information content (AvgIpc) is 2.56. The van der Waals surface area contributed by atoms with E-state index in [2.05, 4.69) is 32.9 Å². The third kappa shape index (κ3) is 2.47. The fourth-order valence-corrected chi connectivity index (χ4v) is 4.12. The molecule has 0 fully saturated rings. The van der Waals surface area contributed by atoms with Gasteiger partial charge >= 0.3 is 0 Å². The van der Waals surface area contributed by atoms with E-state index in [1.807, 2.05) is 11.6 Å². The quantitative estimate of drug-likeness (QED) is 0.307. The molecule has 0 spiro atoms. The Kier molecular flexibility index (Phi) is 3.76. The molecule has 0 unspecified atom stereocenters. The molecule has 0 aliphatic rings. The number of aromatic nitrogens is 1. The van der Waals surface area contributed by atoms with Crippen LogP contribution < -0.4 is 4.57 Å². The van der Waals surface area contributed by atoms with Crippen molar-refractivity contribution >= 4 is 21.8 Å². The minimum atomic E-state index is -0.295. The van der Waals surface area contributed by atoms with Crippen LogP contribution >= 0.6 is 0 Å². The lowest BCUT2D eigenvalue weighted by molar-refractivity contribution is -0.617. The first-order chi connectivity index (χ1) is 12.4. The molecule has 4 aromatic rings. The van der Waals surface area contributed by atoms with Gasteiger partial charge in [-0.1, -0.05) is 17.7 Å². The summed E-state index contributed by atoms with van der Waals surface area (Å²) in [5.41, 5.74) is 7.15. The van der Waals surface area contributed by atoms with Crippen molar-refractivity contribution in [2.24, 2.45) is 7.05 Å². The normalized spacial score (nSPS) is 11.5. The van der Waals surface area contributed by atoms with Crippen LogP contribution in [0.2, 0.25) is 0 Å². The molecule has 1 heterocycles. The Hall–Kier alpha value is -2.81. The zero-order valence-electron chi connectivity index (χ0n) is 15.3. The highest BCUT2D eigenvalue weighted by molar-refractivity contribution is 6.08. The average molecular weight is 348 g/mol. The van der Waals surface area contributed by atoms with Crippen LogP contribution in [0, 0.1) is 32.4 Å². The Morgan fingerprint density at radius 1 is 0.654 bits per heavy atom. The summed E-state index contributed by atoms with van der Waals surface area (Å²) in [5, 5.41) is 1.58. The molecule has 0 radical (unpaired) electrons. The molecule has 0 saturated carbocycles. The van der Waals surface area contributed by atoms with Gasteiger partial charge in [-0.05, 0) is 61.7 Å². The second-order valence-electron chi connectivity index (χ2n) is 7.03. The van der Waals surface area contributed by atoms with Gasteiger partial charge in [-0.3, -0.25) is 0 Å². The van der Waals surface area contributed by atoms with Crippen LogP contribution in [0.15, 0.2) is 48.5 Å². The van der Waals surface area contributed by atoms with Gasteiger partial charge in [0.05, 0.1) is 10.8 Å². The SMILES string of the molecule is Cc1cc(C)c(-c2c3cc(F)ccc3[n+](C)c3ccc(F)cc23)c(C)c1. The van der Waals surface area contributed by atoms with Gasteiger partial charge in [-0.15, -0.1) is 0 Å². The van der Waals surface area contributed by atoms with Crippen LogP contribution in [0.3, 0.4) is 0 Å². The molecule has 1 nitrogen and oxygen atoms in total. The number of nitrogens with zero attached hydrogens (tertiary/aromatic N) is 1. The summed E-state index contributed by atoms with van der Waals surface area (Å²) < 4.78 is 30.2. The summed E-state index contributed by atoms with van der Waals surface area (Å²) >= 11 is 0. The molecule has 26 heavy (non-hydrogen) atoms. The zero-order chi connectivity index (χ0) is 18.6. The molecule has 3 heteroatoms. The third-order valence-electron chi connectivity index (χ3n) is 5.11. The van der Waals surface area contributed by atoms with Gasteiger partial charge < -0.3 is 0 Å². The predicted octanol–water partition coefficient (Wildman–Crippen LogP) is 5.69. The Balaban J connectivity index is 2.31. The first-order valence-electron chi connectivity index (χ1n) is 8.65. The van der Waals surface area contributed by atoms with E-state index in [-0.39, 0.29) is 11.6 Å². The Morgan fingerprint density at radius 3 is 1.58 bits per heavy atom. The van der Waals surface area contributed by atoms with Crippen LogP contribution in [0.5, 0.6) is 0 Å². The summed E-state index contributed by atoms with van der Waals surface area (Å²) in [4.78, 5) is 0. The van der Waals surface area contributed by atoms with Gasteiger partial charge in [0.15, 0.2) is 0 Å². The molecule has 4 rings (SSSR count). The number of benzene rings is 3. The molecule has 130 valence electrons. The van der Waals surface area contributed by atoms with E-state index in [4.69, 9.17) is 0 Å². The largest absolute Gasteiger partial charge is 0.213 e. The van der Waals surface area contributed by atoms with E-state index < -0.39 is 0 Å². The van der Waals surface area contributed by atoms with Crippen molar-refractivity contribution < 1.29 is 13.3 Å². The molecular weight excluding hydrogens is 328 g/mol. The summed E-state index contributed by atoms with van der Waals surface area (Å²) in [7, 11) is 1.93. The highest BCUT2D eigenvalue weighted by atomic mass is 19.1. The molecule has 3 aromatic carbocycles. The van der Waals surface area contributed by atoms with Gasteiger partial charge in [-0.2, -0.15) is 4.57 Å². The van der Waals surface area contributed by atoms with Gasteiger partial charge in [0, 0.05) is 17.7 Å². The Morgan fingerprint density at radius 2 is 1.12 bits per heavy atom. The first-order valence-corrected chi connectivity index (χ1v) is 8.65. The van der Waals surface area contributed by atoms with E-state index in [0.29, 0.717) is 0 Å². The Bertz CT molecular complexity index is 1110. The monoisotopic (exact) mass is 348 g/mol. The molecule has 0 bridgehead atoms. The number of pyridine rings is 1. The predicted molar refractivity (Wildman–Crippen MR) is 102 cm³/mol. The van der Waals surface area contributed by atoms with E-state index in [0.717, 1.165) is 44.1 Å². The molecule has 0 aliphatic carbocycles. The van der Waals surface area contributed by atoms with Crippen LogP contribution in [-0.4, -0.2) is 0 Å². The second kappa shape index (κ2) is 5.87. The number of hydrogen-bond donors (Lipinski definition) is 0. The van der Waals surface area contributed by atoms with Crippen LogP contribution in [-0.2, 0) is 7.05 Å². The minimum absolute atomic E-state index is 0.295. The summed E-state index contributed by atoms with van der Waals surface area (Å²) in [6, 6.07) is 13.8. The van der Waals surface area contributed by atoms with Crippen molar-refractivity contribution in [1.82, 2.24) is 0 Å². The van der Waals surface area contributed by atoms with Crippen LogP contribution in [0.1, 0.15) is 16.7 Å². The topological polar surface area (TPSA) is 3.88 Å². The number of fused-ring (bicyclic) bond motifs is 2. The number of hydrogen-bond acceptors (Lipinski definition) is 0. The lowest BCUT2D eigenvalue weighted by Gasteiger charge is -2.16. The molecule has 0 amide bonds. The molecule has 1 aromatic heterocycles. The molecular formula is C23H20F2N+. The van der Waals surface area contributed by atoms with E-state index in [9.17, 15) is 8.78 Å². The maximum atomic E-state index is 14.1. The molecule has 0 aliphatic heterocycles. The van der Waals surface area contributed by atoms with Crippen molar-refractivity contribution in [2.75, 3.05) is 0 Å². The van der Waals surface area contributed by atoms with Gasteiger partial charge in [0.1, 0.15) is 18.7 Å². The summed E-state index contributed by atoms with van der Waals surface area (Å²) in [6.45, 7) is 6.17. The highest BCUT2D eigenvalue weighted by Crippen LogP contribution is 2.38. The minimum Gasteiger partial charge on any atom is -0.207 e. The van der Waals surface area contributed by atoms with Crippen molar-refractivity contribution in [2.45, 2.75) is 20.8 Å². The zero-order valence-corrected chi connectivity index (χ0v) is 15.3. The smallest absolute Gasteiger partial charge is 0.207 e. The number of rotatable bonds is 1. The maximum absolute atomic E-state index is 14.1. The summed E-state index contributed by atoms with van der Waals surface area (Å²) in [5.74, 6) is -0.589. The van der Waals surface area contributed by atoms with E-state index in [1.54, 1.807) is 24.3 Å².